The molecule has 0 aliphatic carbocycles. The van der Waals surface area contributed by atoms with Gasteiger partial charge < -0.3 is 19.9 Å². The molecule has 1 heterocycles. The van der Waals surface area contributed by atoms with Gasteiger partial charge in [0.15, 0.2) is 5.96 Å². The molecule has 6 nitrogen and oxygen atoms in total. The number of aromatic nitrogens is 2. The number of rotatable bonds is 7. The van der Waals surface area contributed by atoms with Crippen molar-refractivity contribution in [1.82, 2.24) is 20.2 Å². The van der Waals surface area contributed by atoms with Crippen LogP contribution < -0.4 is 15.4 Å². The second-order valence-corrected chi connectivity index (χ2v) is 5.75. The van der Waals surface area contributed by atoms with Crippen LogP contribution in [-0.4, -0.2) is 35.7 Å². The number of nitrogens with one attached hydrogen (secondary N) is 2. The Hall–Kier alpha value is -2.06. The fourth-order valence-electron chi connectivity index (χ4n) is 2.09. The number of benzene rings is 1. The molecule has 25 heavy (non-hydrogen) atoms. The fraction of sp³-hybridized carbons (Fsp3) is 0.333. The number of hydrogen-bond donors (Lipinski definition) is 2. The van der Waals surface area contributed by atoms with Gasteiger partial charge in [-0.2, -0.15) is 8.78 Å². The Balaban J connectivity index is 1.96. The summed E-state index contributed by atoms with van der Waals surface area (Å²) >= 11 is 11.9. The Bertz CT molecular complexity index is 710. The van der Waals surface area contributed by atoms with Gasteiger partial charge in [-0.1, -0.05) is 23.2 Å². The monoisotopic (exact) mass is 391 g/mol. The molecular formula is C15H17Cl2F2N5O. The summed E-state index contributed by atoms with van der Waals surface area (Å²) in [4.78, 5) is 8.03. The van der Waals surface area contributed by atoms with Crippen molar-refractivity contribution in [3.63, 3.8) is 0 Å². The normalized spacial score (nSPS) is 11.7. The van der Waals surface area contributed by atoms with Crippen LogP contribution in [0.3, 0.4) is 0 Å². The summed E-state index contributed by atoms with van der Waals surface area (Å²) in [5.74, 6) is 0.390. The average Bonchev–Trinajstić information content (AvgIpc) is 3.06. The summed E-state index contributed by atoms with van der Waals surface area (Å²) in [5, 5.41) is 6.45. The summed E-state index contributed by atoms with van der Waals surface area (Å²) in [5.41, 5.74) is 0.398. The lowest BCUT2D eigenvalue weighted by molar-refractivity contribution is -0.0504. The van der Waals surface area contributed by atoms with E-state index in [1.54, 1.807) is 19.6 Å². The smallest absolute Gasteiger partial charge is 0.387 e. The Morgan fingerprint density at radius 1 is 1.36 bits per heavy atom. The van der Waals surface area contributed by atoms with E-state index < -0.39 is 6.61 Å². The second kappa shape index (κ2) is 9.43. The van der Waals surface area contributed by atoms with Gasteiger partial charge in [-0.05, 0) is 12.1 Å². The van der Waals surface area contributed by atoms with Crippen molar-refractivity contribution in [2.45, 2.75) is 19.7 Å². The summed E-state index contributed by atoms with van der Waals surface area (Å²) in [6.07, 6.45) is 5.25. The predicted molar refractivity (Wildman–Crippen MR) is 93.5 cm³/mol. The molecule has 1 aromatic heterocycles. The van der Waals surface area contributed by atoms with Crippen molar-refractivity contribution in [3.05, 3.63) is 46.5 Å². The molecule has 0 saturated carbocycles. The zero-order chi connectivity index (χ0) is 18.2. The number of nitrogens with zero attached hydrogens (tertiary/aromatic N) is 3. The standard InChI is InChI=1S/C15H17Cl2F2N5O/c1-20-15(22-3-5-24-4-2-21-9-24)23-8-10-6-11(16)7-12(17)13(10)25-14(18)19/h2,4,6-7,9,14H,3,5,8H2,1H3,(H2,20,22,23). The van der Waals surface area contributed by atoms with Gasteiger partial charge in [0.25, 0.3) is 0 Å². The van der Waals surface area contributed by atoms with Crippen molar-refractivity contribution in [2.24, 2.45) is 4.99 Å². The lowest BCUT2D eigenvalue weighted by atomic mass is 10.2. The van der Waals surface area contributed by atoms with Crippen LogP contribution in [0.25, 0.3) is 0 Å². The number of aliphatic imine (C=N–C) groups is 1. The maximum absolute atomic E-state index is 12.6. The molecular weight excluding hydrogens is 375 g/mol. The summed E-state index contributed by atoms with van der Waals surface area (Å²) in [6, 6.07) is 2.86. The molecule has 0 aliphatic heterocycles. The molecule has 0 unspecified atom stereocenters. The van der Waals surface area contributed by atoms with E-state index in [4.69, 9.17) is 23.2 Å². The minimum absolute atomic E-state index is 0.0210. The first-order valence-electron chi connectivity index (χ1n) is 7.32. The molecule has 0 saturated heterocycles. The van der Waals surface area contributed by atoms with Gasteiger partial charge in [0.05, 0.1) is 11.3 Å². The molecule has 136 valence electrons. The zero-order valence-corrected chi connectivity index (χ0v) is 14.9. The van der Waals surface area contributed by atoms with E-state index in [1.165, 1.54) is 12.1 Å². The van der Waals surface area contributed by atoms with Crippen molar-refractivity contribution >= 4 is 29.2 Å². The van der Waals surface area contributed by atoms with E-state index in [0.717, 1.165) is 0 Å². The van der Waals surface area contributed by atoms with Gasteiger partial charge in [0, 0.05) is 49.7 Å². The van der Waals surface area contributed by atoms with E-state index in [2.05, 4.69) is 25.3 Å². The Morgan fingerprint density at radius 2 is 2.16 bits per heavy atom. The number of alkyl halides is 2. The van der Waals surface area contributed by atoms with E-state index in [9.17, 15) is 8.78 Å². The lowest BCUT2D eigenvalue weighted by Gasteiger charge is -2.16. The maximum atomic E-state index is 12.6. The number of hydrogen-bond acceptors (Lipinski definition) is 3. The van der Waals surface area contributed by atoms with Gasteiger partial charge in [-0.25, -0.2) is 4.98 Å². The first-order chi connectivity index (χ1) is 12.0. The third-order valence-electron chi connectivity index (χ3n) is 3.18. The minimum Gasteiger partial charge on any atom is -0.433 e. The van der Waals surface area contributed by atoms with Crippen LogP contribution in [0.15, 0.2) is 35.8 Å². The Labute approximate surface area is 153 Å². The largest absolute Gasteiger partial charge is 0.433 e. The van der Waals surface area contributed by atoms with Crippen molar-refractivity contribution < 1.29 is 13.5 Å². The average molecular weight is 392 g/mol. The van der Waals surface area contributed by atoms with E-state index in [-0.39, 0.29) is 17.3 Å². The first kappa shape index (κ1) is 19.3. The number of halogens is 4. The van der Waals surface area contributed by atoms with Gasteiger partial charge in [0.1, 0.15) is 5.75 Å². The zero-order valence-electron chi connectivity index (χ0n) is 13.3. The molecule has 0 aliphatic rings. The molecule has 1 aromatic carbocycles. The minimum atomic E-state index is -2.98. The van der Waals surface area contributed by atoms with Crippen LogP contribution in [0.2, 0.25) is 10.0 Å². The van der Waals surface area contributed by atoms with Crippen LogP contribution >= 0.6 is 23.2 Å². The van der Waals surface area contributed by atoms with Crippen molar-refractivity contribution in [1.29, 1.82) is 0 Å². The highest BCUT2D eigenvalue weighted by molar-refractivity contribution is 6.35. The number of imidazole rings is 1. The molecule has 0 radical (unpaired) electrons. The number of ether oxygens (including phenoxy) is 1. The topological polar surface area (TPSA) is 63.5 Å². The van der Waals surface area contributed by atoms with E-state index >= 15 is 0 Å². The SMILES string of the molecule is CN=C(NCCn1ccnc1)NCc1cc(Cl)cc(Cl)c1OC(F)F. The Morgan fingerprint density at radius 3 is 2.80 bits per heavy atom. The highest BCUT2D eigenvalue weighted by atomic mass is 35.5. The highest BCUT2D eigenvalue weighted by Crippen LogP contribution is 2.33. The highest BCUT2D eigenvalue weighted by Gasteiger charge is 2.15. The van der Waals surface area contributed by atoms with Gasteiger partial charge >= 0.3 is 6.61 Å². The molecule has 2 rings (SSSR count). The molecule has 0 fully saturated rings. The predicted octanol–water partition coefficient (Wildman–Crippen LogP) is 3.16. The third kappa shape index (κ3) is 6.06. The quantitative estimate of drug-likeness (QED) is 0.562. The maximum Gasteiger partial charge on any atom is 0.387 e. The van der Waals surface area contributed by atoms with Crippen LogP contribution in [0, 0.1) is 0 Å². The number of guanidine groups is 1. The van der Waals surface area contributed by atoms with Gasteiger partial charge in [0.2, 0.25) is 0 Å². The Kier molecular flexibility index (Phi) is 7.27. The van der Waals surface area contributed by atoms with Crippen LogP contribution in [-0.2, 0) is 13.1 Å². The van der Waals surface area contributed by atoms with Gasteiger partial charge in [-0.3, -0.25) is 4.99 Å². The van der Waals surface area contributed by atoms with Crippen molar-refractivity contribution in [2.75, 3.05) is 13.6 Å². The van der Waals surface area contributed by atoms with Crippen LogP contribution in [0.4, 0.5) is 8.78 Å². The van der Waals surface area contributed by atoms with E-state index in [0.29, 0.717) is 29.6 Å². The molecule has 0 amide bonds. The summed E-state index contributed by atoms with van der Waals surface area (Å²) < 4.78 is 31.5. The second-order valence-electron chi connectivity index (χ2n) is 4.91. The summed E-state index contributed by atoms with van der Waals surface area (Å²) in [6.45, 7) is -1.52. The third-order valence-corrected chi connectivity index (χ3v) is 3.68. The summed E-state index contributed by atoms with van der Waals surface area (Å²) in [7, 11) is 1.61. The lowest BCUT2D eigenvalue weighted by Crippen LogP contribution is -2.38. The first-order valence-corrected chi connectivity index (χ1v) is 8.08. The van der Waals surface area contributed by atoms with Crippen LogP contribution in [0.5, 0.6) is 5.75 Å². The molecule has 10 heteroatoms. The van der Waals surface area contributed by atoms with Crippen molar-refractivity contribution in [3.8, 4) is 5.75 Å². The molecule has 2 N–H and O–H groups in total. The van der Waals surface area contributed by atoms with Gasteiger partial charge in [-0.15, -0.1) is 0 Å². The molecule has 0 spiro atoms. The molecule has 2 aromatic rings. The fourth-order valence-corrected chi connectivity index (χ4v) is 2.67. The molecule has 0 atom stereocenters. The van der Waals surface area contributed by atoms with Crippen LogP contribution in [0.1, 0.15) is 5.56 Å². The van der Waals surface area contributed by atoms with E-state index in [1.807, 2.05) is 10.8 Å². The molecule has 0 bridgehead atoms.